The van der Waals surface area contributed by atoms with Crippen molar-refractivity contribution in [1.82, 2.24) is 4.90 Å². The van der Waals surface area contributed by atoms with Crippen LogP contribution in [0, 0.1) is 0 Å². The maximum absolute atomic E-state index is 12.9. The van der Waals surface area contributed by atoms with Crippen molar-refractivity contribution in [2.24, 2.45) is 0 Å². The summed E-state index contributed by atoms with van der Waals surface area (Å²) < 4.78 is 0. The van der Waals surface area contributed by atoms with Crippen LogP contribution in [0.4, 0.5) is 10.5 Å². The van der Waals surface area contributed by atoms with Gasteiger partial charge in [-0.25, -0.2) is 0 Å². The number of hydrogen-bond donors (Lipinski definition) is 1. The van der Waals surface area contributed by atoms with Crippen LogP contribution in [0.2, 0.25) is 0 Å². The van der Waals surface area contributed by atoms with Crippen molar-refractivity contribution in [3.63, 3.8) is 0 Å². The fraction of sp³-hybridized carbons (Fsp3) is 0.0870. The number of hydrogen-bond acceptors (Lipinski definition) is 4. The molecule has 0 bridgehead atoms. The summed E-state index contributed by atoms with van der Waals surface area (Å²) in [5.41, 5.74) is 3.87. The minimum atomic E-state index is -0.248. The number of rotatable bonds is 5. The minimum absolute atomic E-state index is 0.173. The number of nitrogens with zero attached hydrogens (tertiary/aromatic N) is 1. The van der Waals surface area contributed by atoms with Crippen LogP contribution in [-0.2, 0) is 11.3 Å². The van der Waals surface area contributed by atoms with E-state index < -0.39 is 0 Å². The molecule has 0 aromatic heterocycles. The zero-order valence-electron chi connectivity index (χ0n) is 15.5. The molecular formula is C23H18N2O3S. The molecule has 0 unspecified atom stereocenters. The van der Waals surface area contributed by atoms with Crippen LogP contribution >= 0.6 is 11.8 Å². The molecule has 6 heteroatoms. The van der Waals surface area contributed by atoms with E-state index in [1.807, 2.05) is 54.6 Å². The van der Waals surface area contributed by atoms with Gasteiger partial charge in [-0.1, -0.05) is 72.4 Å². The Morgan fingerprint density at radius 2 is 1.69 bits per heavy atom. The van der Waals surface area contributed by atoms with Gasteiger partial charge >= 0.3 is 0 Å². The first-order valence-electron chi connectivity index (χ1n) is 9.14. The van der Waals surface area contributed by atoms with E-state index in [4.69, 9.17) is 0 Å². The Bertz CT molecular complexity index is 1070. The Kier molecular flexibility index (Phi) is 5.44. The number of carbonyl (C=O) groups excluding carboxylic acids is 3. The SMILES string of the molecule is O=C(Nc1ccccc1-c1ccccc1)c1cccc(CN2C(=O)CSC2=O)c1. The van der Waals surface area contributed by atoms with Crippen molar-refractivity contribution in [2.45, 2.75) is 6.54 Å². The summed E-state index contributed by atoms with van der Waals surface area (Å²) in [5.74, 6) is -0.273. The van der Waals surface area contributed by atoms with Gasteiger partial charge in [-0.2, -0.15) is 0 Å². The highest BCUT2D eigenvalue weighted by Crippen LogP contribution is 2.28. The van der Waals surface area contributed by atoms with Gasteiger partial charge in [-0.3, -0.25) is 19.3 Å². The number of carbonyl (C=O) groups is 3. The van der Waals surface area contributed by atoms with Gasteiger partial charge in [0.2, 0.25) is 5.91 Å². The van der Waals surface area contributed by atoms with Crippen LogP contribution < -0.4 is 5.32 Å². The predicted molar refractivity (Wildman–Crippen MR) is 115 cm³/mol. The van der Waals surface area contributed by atoms with E-state index in [-0.39, 0.29) is 29.4 Å². The summed E-state index contributed by atoms with van der Waals surface area (Å²) in [6, 6.07) is 24.5. The maximum Gasteiger partial charge on any atom is 0.289 e. The quantitative estimate of drug-likeness (QED) is 0.666. The molecule has 1 aliphatic rings. The van der Waals surface area contributed by atoms with Crippen LogP contribution in [0.15, 0.2) is 78.9 Å². The molecule has 4 rings (SSSR count). The summed E-state index contributed by atoms with van der Waals surface area (Å²) in [4.78, 5) is 37.7. The van der Waals surface area contributed by atoms with E-state index >= 15 is 0 Å². The number of nitrogens with one attached hydrogen (secondary N) is 1. The lowest BCUT2D eigenvalue weighted by Gasteiger charge is -2.14. The number of imide groups is 1. The lowest BCUT2D eigenvalue weighted by molar-refractivity contribution is -0.125. The first kappa shape index (κ1) is 19.0. The second-order valence-electron chi connectivity index (χ2n) is 6.60. The third-order valence-electron chi connectivity index (χ3n) is 4.63. The number of para-hydroxylation sites is 1. The van der Waals surface area contributed by atoms with Gasteiger partial charge in [0.05, 0.1) is 12.3 Å². The molecule has 3 amide bonds. The number of anilines is 1. The number of thioether (sulfide) groups is 1. The van der Waals surface area contributed by atoms with Gasteiger partial charge in [0.25, 0.3) is 11.1 Å². The fourth-order valence-electron chi connectivity index (χ4n) is 3.18. The molecule has 0 atom stereocenters. The summed E-state index contributed by atoms with van der Waals surface area (Å²) in [5, 5.41) is 2.72. The average molecular weight is 402 g/mol. The summed E-state index contributed by atoms with van der Waals surface area (Å²) in [6.07, 6.45) is 0. The zero-order chi connectivity index (χ0) is 20.2. The maximum atomic E-state index is 12.9. The molecule has 29 heavy (non-hydrogen) atoms. The van der Waals surface area contributed by atoms with Crippen LogP contribution in [0.3, 0.4) is 0 Å². The fourth-order valence-corrected chi connectivity index (χ4v) is 3.91. The third-order valence-corrected chi connectivity index (χ3v) is 5.49. The molecule has 1 aliphatic heterocycles. The molecule has 1 saturated heterocycles. The molecule has 1 fully saturated rings. The second-order valence-corrected chi connectivity index (χ2v) is 7.53. The van der Waals surface area contributed by atoms with Crippen LogP contribution in [0.1, 0.15) is 15.9 Å². The molecule has 0 radical (unpaired) electrons. The van der Waals surface area contributed by atoms with E-state index in [0.717, 1.165) is 34.1 Å². The van der Waals surface area contributed by atoms with Gasteiger partial charge in [0.1, 0.15) is 0 Å². The van der Waals surface area contributed by atoms with Gasteiger partial charge in [-0.05, 0) is 29.3 Å². The van der Waals surface area contributed by atoms with E-state index in [9.17, 15) is 14.4 Å². The molecule has 5 nitrogen and oxygen atoms in total. The molecule has 1 N–H and O–H groups in total. The van der Waals surface area contributed by atoms with E-state index in [2.05, 4.69) is 5.32 Å². The first-order valence-corrected chi connectivity index (χ1v) is 10.1. The van der Waals surface area contributed by atoms with E-state index in [0.29, 0.717) is 5.56 Å². The van der Waals surface area contributed by atoms with Crippen molar-refractivity contribution in [3.8, 4) is 11.1 Å². The standard InChI is InChI=1S/C23H18N2O3S/c26-21-15-29-23(28)25(21)14-16-7-6-10-18(13-16)22(27)24-20-12-5-4-11-19(20)17-8-2-1-3-9-17/h1-13H,14-15H2,(H,24,27). The molecule has 3 aromatic carbocycles. The van der Waals surface area contributed by atoms with Gasteiger partial charge in [-0.15, -0.1) is 0 Å². The second kappa shape index (κ2) is 8.32. The molecule has 1 heterocycles. The molecular weight excluding hydrogens is 384 g/mol. The largest absolute Gasteiger partial charge is 0.321 e. The van der Waals surface area contributed by atoms with Crippen molar-refractivity contribution in [3.05, 3.63) is 90.0 Å². The van der Waals surface area contributed by atoms with Crippen LogP contribution in [0.5, 0.6) is 0 Å². The Morgan fingerprint density at radius 1 is 0.931 bits per heavy atom. The first-order chi connectivity index (χ1) is 14.1. The normalized spacial score (nSPS) is 13.6. The highest BCUT2D eigenvalue weighted by atomic mass is 32.2. The Hall–Kier alpha value is -3.38. The van der Waals surface area contributed by atoms with Crippen molar-refractivity contribution in [1.29, 1.82) is 0 Å². The number of benzene rings is 3. The lowest BCUT2D eigenvalue weighted by atomic mass is 10.0. The average Bonchev–Trinajstić information content (AvgIpc) is 3.07. The van der Waals surface area contributed by atoms with Crippen molar-refractivity contribution in [2.75, 3.05) is 11.1 Å². The Morgan fingerprint density at radius 3 is 2.45 bits per heavy atom. The van der Waals surface area contributed by atoms with Crippen LogP contribution in [-0.4, -0.2) is 27.7 Å². The van der Waals surface area contributed by atoms with E-state index in [1.54, 1.807) is 24.3 Å². The summed E-state index contributed by atoms with van der Waals surface area (Å²) in [7, 11) is 0. The predicted octanol–water partition coefficient (Wildman–Crippen LogP) is 4.80. The van der Waals surface area contributed by atoms with Crippen molar-refractivity contribution < 1.29 is 14.4 Å². The topological polar surface area (TPSA) is 66.5 Å². The smallest absolute Gasteiger partial charge is 0.289 e. The third kappa shape index (κ3) is 4.22. The molecule has 144 valence electrons. The van der Waals surface area contributed by atoms with Crippen LogP contribution in [0.25, 0.3) is 11.1 Å². The molecule has 0 spiro atoms. The van der Waals surface area contributed by atoms with E-state index in [1.165, 1.54) is 4.90 Å². The summed E-state index contributed by atoms with van der Waals surface area (Å²) >= 11 is 1.00. The Labute approximate surface area is 172 Å². The minimum Gasteiger partial charge on any atom is -0.321 e. The summed E-state index contributed by atoms with van der Waals surface area (Å²) in [6.45, 7) is 0.173. The van der Waals surface area contributed by atoms with Gasteiger partial charge in [0, 0.05) is 16.8 Å². The highest BCUT2D eigenvalue weighted by molar-refractivity contribution is 8.14. The van der Waals surface area contributed by atoms with Gasteiger partial charge in [0.15, 0.2) is 0 Å². The molecule has 3 aromatic rings. The number of amides is 3. The Balaban J connectivity index is 1.54. The monoisotopic (exact) mass is 402 g/mol. The van der Waals surface area contributed by atoms with Crippen molar-refractivity contribution >= 4 is 34.5 Å². The highest BCUT2D eigenvalue weighted by Gasteiger charge is 2.29. The zero-order valence-corrected chi connectivity index (χ0v) is 16.3. The van der Waals surface area contributed by atoms with Gasteiger partial charge < -0.3 is 5.32 Å². The molecule has 0 saturated carbocycles. The lowest BCUT2D eigenvalue weighted by Crippen LogP contribution is -2.28. The molecule has 0 aliphatic carbocycles.